The number of aliphatic hydroxyl groups excluding tert-OH is 1. The molecule has 3 aliphatic rings. The van der Waals surface area contributed by atoms with Gasteiger partial charge in [0.2, 0.25) is 0 Å². The van der Waals surface area contributed by atoms with Crippen LogP contribution in [0.3, 0.4) is 0 Å². The second-order valence-electron chi connectivity index (χ2n) is 4.95. The standard InChI is InChI=1S/C10H17NO/c1-11-9(6-12)8-4-7(8)5-10(11)2-3-10/h7-9,12H,2-6H2,1H3. The Labute approximate surface area is 73.6 Å². The first-order valence-corrected chi connectivity index (χ1v) is 5.11. The number of likely N-dealkylation sites (tertiary alicyclic amines) is 1. The molecule has 12 heavy (non-hydrogen) atoms. The van der Waals surface area contributed by atoms with E-state index in [1.165, 1.54) is 25.7 Å². The highest BCUT2D eigenvalue weighted by Crippen LogP contribution is 2.60. The van der Waals surface area contributed by atoms with Crippen molar-refractivity contribution in [3.8, 4) is 0 Å². The summed E-state index contributed by atoms with van der Waals surface area (Å²) in [4.78, 5) is 2.47. The first kappa shape index (κ1) is 7.34. The maximum Gasteiger partial charge on any atom is 0.0589 e. The lowest BCUT2D eigenvalue weighted by Crippen LogP contribution is -2.48. The smallest absolute Gasteiger partial charge is 0.0589 e. The Kier molecular flexibility index (Phi) is 1.25. The molecule has 0 bridgehead atoms. The van der Waals surface area contributed by atoms with Crippen molar-refractivity contribution in [1.29, 1.82) is 0 Å². The van der Waals surface area contributed by atoms with Crippen LogP contribution in [0.4, 0.5) is 0 Å². The van der Waals surface area contributed by atoms with Crippen LogP contribution in [0.5, 0.6) is 0 Å². The van der Waals surface area contributed by atoms with Crippen LogP contribution in [0, 0.1) is 11.8 Å². The third kappa shape index (κ3) is 0.775. The zero-order chi connectivity index (χ0) is 8.34. The summed E-state index contributed by atoms with van der Waals surface area (Å²) in [7, 11) is 2.21. The Bertz CT molecular complexity index is 212. The Morgan fingerprint density at radius 2 is 2.25 bits per heavy atom. The molecule has 2 heteroatoms. The molecule has 0 aromatic heterocycles. The lowest BCUT2D eigenvalue weighted by molar-refractivity contribution is 0.0470. The van der Waals surface area contributed by atoms with Crippen LogP contribution in [0.1, 0.15) is 25.7 Å². The van der Waals surface area contributed by atoms with Crippen molar-refractivity contribution < 1.29 is 5.11 Å². The van der Waals surface area contributed by atoms with Gasteiger partial charge in [0.1, 0.15) is 0 Å². The van der Waals surface area contributed by atoms with Gasteiger partial charge in [0.15, 0.2) is 0 Å². The molecule has 2 nitrogen and oxygen atoms in total. The molecular formula is C10H17NO. The Morgan fingerprint density at radius 3 is 2.83 bits per heavy atom. The molecule has 1 N–H and O–H groups in total. The van der Waals surface area contributed by atoms with Crippen LogP contribution in [-0.4, -0.2) is 35.2 Å². The highest BCUT2D eigenvalue weighted by molar-refractivity contribution is 5.15. The molecular weight excluding hydrogens is 150 g/mol. The summed E-state index contributed by atoms with van der Waals surface area (Å²) in [6.07, 6.45) is 5.56. The van der Waals surface area contributed by atoms with E-state index < -0.39 is 0 Å². The highest BCUT2D eigenvalue weighted by Gasteiger charge is 2.61. The Hall–Kier alpha value is -0.0800. The number of nitrogens with zero attached hydrogens (tertiary/aromatic N) is 1. The molecule has 3 rings (SSSR count). The number of likely N-dealkylation sites (N-methyl/N-ethyl adjacent to an activating group) is 1. The van der Waals surface area contributed by atoms with Gasteiger partial charge in [-0.25, -0.2) is 0 Å². The van der Waals surface area contributed by atoms with Crippen LogP contribution in [0.2, 0.25) is 0 Å². The number of piperidine rings is 1. The topological polar surface area (TPSA) is 23.5 Å². The normalized spacial score (nSPS) is 49.0. The predicted octanol–water partition coefficient (Wildman–Crippen LogP) is 0.851. The van der Waals surface area contributed by atoms with Gasteiger partial charge in [0, 0.05) is 11.6 Å². The summed E-state index contributed by atoms with van der Waals surface area (Å²) in [6.45, 7) is 0.374. The number of aliphatic hydroxyl groups is 1. The molecule has 68 valence electrons. The molecule has 0 amide bonds. The molecule has 0 aromatic carbocycles. The maximum atomic E-state index is 9.28. The van der Waals surface area contributed by atoms with Gasteiger partial charge in [0.25, 0.3) is 0 Å². The molecule has 1 aliphatic heterocycles. The van der Waals surface area contributed by atoms with Crippen molar-refractivity contribution in [3.05, 3.63) is 0 Å². The summed E-state index contributed by atoms with van der Waals surface area (Å²) in [6, 6.07) is 0.492. The largest absolute Gasteiger partial charge is 0.395 e. The van der Waals surface area contributed by atoms with E-state index in [9.17, 15) is 5.11 Å². The quantitative estimate of drug-likeness (QED) is 0.626. The fourth-order valence-electron chi connectivity index (χ4n) is 3.21. The second kappa shape index (κ2) is 2.05. The number of fused-ring (bicyclic) bond motifs is 1. The average Bonchev–Trinajstić information content (AvgIpc) is 2.92. The van der Waals surface area contributed by atoms with Gasteiger partial charge in [-0.3, -0.25) is 4.90 Å². The molecule has 2 aliphatic carbocycles. The second-order valence-corrected chi connectivity index (χ2v) is 4.95. The first-order valence-electron chi connectivity index (χ1n) is 5.11. The Morgan fingerprint density at radius 1 is 1.50 bits per heavy atom. The molecule has 2 saturated carbocycles. The van der Waals surface area contributed by atoms with Gasteiger partial charge in [-0.05, 0) is 44.6 Å². The monoisotopic (exact) mass is 167 g/mol. The van der Waals surface area contributed by atoms with Crippen molar-refractivity contribution >= 4 is 0 Å². The minimum Gasteiger partial charge on any atom is -0.395 e. The summed E-state index contributed by atoms with van der Waals surface area (Å²) >= 11 is 0. The zero-order valence-electron chi connectivity index (χ0n) is 7.66. The molecule has 1 spiro atoms. The van der Waals surface area contributed by atoms with Crippen LogP contribution < -0.4 is 0 Å². The van der Waals surface area contributed by atoms with Crippen LogP contribution in [0.25, 0.3) is 0 Å². The molecule has 0 radical (unpaired) electrons. The highest BCUT2D eigenvalue weighted by atomic mass is 16.3. The van der Waals surface area contributed by atoms with Crippen LogP contribution >= 0.6 is 0 Å². The lowest BCUT2D eigenvalue weighted by Gasteiger charge is -2.39. The van der Waals surface area contributed by atoms with Crippen molar-refractivity contribution in [2.24, 2.45) is 11.8 Å². The van der Waals surface area contributed by atoms with Crippen molar-refractivity contribution in [1.82, 2.24) is 4.90 Å². The van der Waals surface area contributed by atoms with E-state index in [-0.39, 0.29) is 0 Å². The zero-order valence-corrected chi connectivity index (χ0v) is 7.66. The third-order valence-electron chi connectivity index (χ3n) is 4.37. The fourth-order valence-corrected chi connectivity index (χ4v) is 3.21. The van der Waals surface area contributed by atoms with E-state index in [2.05, 4.69) is 11.9 Å². The molecule has 1 saturated heterocycles. The summed E-state index contributed by atoms with van der Waals surface area (Å²) in [5.74, 6) is 1.81. The number of rotatable bonds is 1. The molecule has 3 unspecified atom stereocenters. The van der Waals surface area contributed by atoms with E-state index in [4.69, 9.17) is 0 Å². The van der Waals surface area contributed by atoms with Crippen LogP contribution in [0.15, 0.2) is 0 Å². The minimum absolute atomic E-state index is 0.374. The lowest BCUT2D eigenvalue weighted by atomic mass is 9.95. The molecule has 0 aromatic rings. The SMILES string of the molecule is CN1C(CO)C2CC2CC12CC2. The van der Waals surface area contributed by atoms with E-state index >= 15 is 0 Å². The summed E-state index contributed by atoms with van der Waals surface area (Å²) in [5.41, 5.74) is 0.547. The van der Waals surface area contributed by atoms with E-state index in [0.717, 1.165) is 11.8 Å². The average molecular weight is 167 g/mol. The van der Waals surface area contributed by atoms with E-state index in [0.29, 0.717) is 18.2 Å². The van der Waals surface area contributed by atoms with Gasteiger partial charge in [0.05, 0.1) is 6.61 Å². The minimum atomic E-state index is 0.374. The van der Waals surface area contributed by atoms with Gasteiger partial charge in [-0.2, -0.15) is 0 Å². The third-order valence-corrected chi connectivity index (χ3v) is 4.37. The van der Waals surface area contributed by atoms with Crippen molar-refractivity contribution in [3.63, 3.8) is 0 Å². The summed E-state index contributed by atoms with van der Waals surface area (Å²) in [5, 5.41) is 9.28. The molecule has 3 fully saturated rings. The van der Waals surface area contributed by atoms with Gasteiger partial charge >= 0.3 is 0 Å². The molecule has 1 heterocycles. The maximum absolute atomic E-state index is 9.28. The van der Waals surface area contributed by atoms with Gasteiger partial charge in [-0.15, -0.1) is 0 Å². The van der Waals surface area contributed by atoms with E-state index in [1.807, 2.05) is 0 Å². The first-order chi connectivity index (χ1) is 5.77. The summed E-state index contributed by atoms with van der Waals surface area (Å²) < 4.78 is 0. The number of hydrogen-bond acceptors (Lipinski definition) is 2. The van der Waals surface area contributed by atoms with Gasteiger partial charge < -0.3 is 5.11 Å². The number of hydrogen-bond donors (Lipinski definition) is 1. The Balaban J connectivity index is 1.84. The van der Waals surface area contributed by atoms with Crippen molar-refractivity contribution in [2.45, 2.75) is 37.3 Å². The molecule has 3 atom stereocenters. The van der Waals surface area contributed by atoms with E-state index in [1.54, 1.807) is 0 Å². The van der Waals surface area contributed by atoms with Crippen LogP contribution in [-0.2, 0) is 0 Å². The van der Waals surface area contributed by atoms with Crippen molar-refractivity contribution in [2.75, 3.05) is 13.7 Å². The fraction of sp³-hybridized carbons (Fsp3) is 1.00. The predicted molar refractivity (Wildman–Crippen MR) is 46.8 cm³/mol. The van der Waals surface area contributed by atoms with Gasteiger partial charge in [-0.1, -0.05) is 0 Å².